The number of rotatable bonds is 6. The van der Waals surface area contributed by atoms with Crippen LogP contribution in [0.3, 0.4) is 0 Å². The Bertz CT molecular complexity index is 1330. The number of fused-ring (bicyclic) bond motifs is 1. The Hall–Kier alpha value is -3.50. The van der Waals surface area contributed by atoms with Crippen LogP contribution in [0.15, 0.2) is 95.4 Å². The Morgan fingerprint density at radius 2 is 1.70 bits per heavy atom. The molecule has 0 saturated carbocycles. The number of hydrogen-bond acceptors (Lipinski definition) is 3. The number of hydrogen-bond donors (Lipinski definition) is 0. The molecule has 0 fully saturated rings. The van der Waals surface area contributed by atoms with Gasteiger partial charge in [0, 0.05) is 32.3 Å². The second kappa shape index (κ2) is 9.16. The lowest BCUT2D eigenvalue weighted by Crippen LogP contribution is -2.09. The van der Waals surface area contributed by atoms with Crippen molar-refractivity contribution in [2.24, 2.45) is 0 Å². The Kier molecular flexibility index (Phi) is 5.93. The van der Waals surface area contributed by atoms with Crippen molar-refractivity contribution in [3.8, 4) is 22.7 Å². The number of carbonyl (C=O) groups excluding carboxylic acids is 1. The highest BCUT2D eigenvalue weighted by molar-refractivity contribution is 8.08. The molecule has 0 radical (unpaired) electrons. The largest absolute Gasteiger partial charge is 0.497 e. The van der Waals surface area contributed by atoms with Gasteiger partial charge in [-0.2, -0.15) is 0 Å². The van der Waals surface area contributed by atoms with Crippen molar-refractivity contribution in [2.45, 2.75) is 24.7 Å². The van der Waals surface area contributed by atoms with Gasteiger partial charge in [-0.3, -0.25) is 4.79 Å². The molecule has 0 atom stereocenters. The van der Waals surface area contributed by atoms with Gasteiger partial charge in [0.2, 0.25) is 0 Å². The highest BCUT2D eigenvalue weighted by Crippen LogP contribution is 2.45. The second-order valence-corrected chi connectivity index (χ2v) is 9.26. The number of aryl methyl sites for hydroxylation is 1. The molecule has 0 saturated heterocycles. The first kappa shape index (κ1) is 21.4. The molecule has 0 bridgehead atoms. The zero-order valence-electron chi connectivity index (χ0n) is 18.7. The third-order valence-corrected chi connectivity index (χ3v) is 7.20. The summed E-state index contributed by atoms with van der Waals surface area (Å²) in [6, 6.07) is 29.3. The lowest BCUT2D eigenvalue weighted by molar-refractivity contribution is -0.105. The van der Waals surface area contributed by atoms with Crippen molar-refractivity contribution in [3.05, 3.63) is 107 Å². The maximum absolute atomic E-state index is 12.0. The smallest absolute Gasteiger partial charge is 0.147 e. The summed E-state index contributed by atoms with van der Waals surface area (Å²) in [6.07, 6.45) is 2.59. The summed E-state index contributed by atoms with van der Waals surface area (Å²) in [7, 11) is 1.68. The number of benzene rings is 3. The van der Waals surface area contributed by atoms with E-state index in [0.29, 0.717) is 0 Å². The highest BCUT2D eigenvalue weighted by atomic mass is 32.2. The molecule has 5 rings (SSSR count). The average molecular weight is 452 g/mol. The maximum Gasteiger partial charge on any atom is 0.147 e. The molecule has 1 aliphatic carbocycles. The minimum absolute atomic E-state index is 0.735. The molecule has 1 aromatic heterocycles. The van der Waals surface area contributed by atoms with Gasteiger partial charge in [-0.05, 0) is 67.8 Å². The predicted molar refractivity (Wildman–Crippen MR) is 136 cm³/mol. The number of carbonyl (C=O) groups is 1. The molecule has 1 heterocycles. The number of methoxy groups -OCH3 is 1. The van der Waals surface area contributed by atoms with Crippen molar-refractivity contribution < 1.29 is 9.53 Å². The normalized spacial score (nSPS) is 13.0. The van der Waals surface area contributed by atoms with E-state index in [-0.39, 0.29) is 0 Å². The maximum atomic E-state index is 12.0. The summed E-state index contributed by atoms with van der Waals surface area (Å²) >= 11 is 1.69. The topological polar surface area (TPSA) is 31.2 Å². The Morgan fingerprint density at radius 1 is 0.909 bits per heavy atom. The first-order valence-electron chi connectivity index (χ1n) is 11.1. The van der Waals surface area contributed by atoms with Crippen LogP contribution in [-0.4, -0.2) is 18.0 Å². The van der Waals surface area contributed by atoms with Crippen molar-refractivity contribution in [3.63, 3.8) is 0 Å². The molecule has 3 nitrogen and oxygen atoms in total. The molecule has 0 amide bonds. The van der Waals surface area contributed by atoms with E-state index in [0.717, 1.165) is 62.8 Å². The Labute approximate surface area is 198 Å². The van der Waals surface area contributed by atoms with E-state index in [1.54, 1.807) is 18.9 Å². The number of thioether (sulfide) groups is 1. The van der Waals surface area contributed by atoms with Crippen LogP contribution in [0, 0.1) is 6.92 Å². The van der Waals surface area contributed by atoms with Crippen LogP contribution < -0.4 is 4.74 Å². The third-order valence-electron chi connectivity index (χ3n) is 6.02. The fourth-order valence-electron chi connectivity index (χ4n) is 4.41. The Morgan fingerprint density at radius 3 is 2.39 bits per heavy atom. The number of nitrogens with zero attached hydrogens (tertiary/aromatic N) is 1. The van der Waals surface area contributed by atoms with Gasteiger partial charge in [0.05, 0.1) is 12.8 Å². The first-order chi connectivity index (χ1) is 16.2. The summed E-state index contributed by atoms with van der Waals surface area (Å²) in [6.45, 7) is 2.10. The van der Waals surface area contributed by atoms with E-state index < -0.39 is 0 Å². The molecular formula is C29H25NO2S. The minimum atomic E-state index is 0.735. The van der Waals surface area contributed by atoms with Crippen molar-refractivity contribution in [2.75, 3.05) is 7.11 Å². The van der Waals surface area contributed by atoms with Gasteiger partial charge in [0.25, 0.3) is 0 Å². The van der Waals surface area contributed by atoms with Crippen molar-refractivity contribution in [1.29, 1.82) is 0 Å². The van der Waals surface area contributed by atoms with Crippen molar-refractivity contribution in [1.82, 2.24) is 4.57 Å². The van der Waals surface area contributed by atoms with Crippen LogP contribution in [0.5, 0.6) is 5.75 Å². The van der Waals surface area contributed by atoms with Crippen LogP contribution >= 0.6 is 11.8 Å². The van der Waals surface area contributed by atoms with E-state index in [2.05, 4.69) is 78.2 Å². The molecule has 0 aliphatic heterocycles. The SMILES string of the molecule is COc1ccc(-n2c(-c3ccccc3)cc3c2CCC(C=O)=C3Sc2cccc(C)c2)cc1. The average Bonchev–Trinajstić information content (AvgIpc) is 3.25. The molecule has 0 spiro atoms. The molecule has 1 aliphatic rings. The Balaban J connectivity index is 1.70. The lowest BCUT2D eigenvalue weighted by Gasteiger charge is -2.21. The summed E-state index contributed by atoms with van der Waals surface area (Å²) in [5, 5.41) is 0. The molecule has 4 heteroatoms. The quantitative estimate of drug-likeness (QED) is 0.293. The molecular weight excluding hydrogens is 426 g/mol. The van der Waals surface area contributed by atoms with Gasteiger partial charge in [0.15, 0.2) is 0 Å². The third kappa shape index (κ3) is 4.14. The van der Waals surface area contributed by atoms with Crippen LogP contribution in [-0.2, 0) is 11.2 Å². The lowest BCUT2D eigenvalue weighted by atomic mass is 9.98. The predicted octanol–water partition coefficient (Wildman–Crippen LogP) is 7.11. The van der Waals surface area contributed by atoms with Crippen LogP contribution in [0.1, 0.15) is 23.2 Å². The monoisotopic (exact) mass is 451 g/mol. The number of ether oxygens (including phenoxy) is 1. The second-order valence-electron chi connectivity index (χ2n) is 8.18. The van der Waals surface area contributed by atoms with Gasteiger partial charge < -0.3 is 9.30 Å². The van der Waals surface area contributed by atoms with Gasteiger partial charge >= 0.3 is 0 Å². The number of allylic oxidation sites excluding steroid dienone is 1. The highest BCUT2D eigenvalue weighted by Gasteiger charge is 2.26. The fraction of sp³-hybridized carbons (Fsp3) is 0.138. The number of aldehydes is 1. The van der Waals surface area contributed by atoms with E-state index in [1.165, 1.54) is 11.3 Å². The van der Waals surface area contributed by atoms with Crippen molar-refractivity contribution >= 4 is 23.0 Å². The summed E-state index contributed by atoms with van der Waals surface area (Å²) in [4.78, 5) is 14.3. The first-order valence-corrected chi connectivity index (χ1v) is 11.9. The van der Waals surface area contributed by atoms with Gasteiger partial charge in [0.1, 0.15) is 12.0 Å². The van der Waals surface area contributed by atoms with Gasteiger partial charge in [-0.25, -0.2) is 0 Å². The molecule has 3 aromatic carbocycles. The van der Waals surface area contributed by atoms with E-state index in [1.807, 2.05) is 18.2 Å². The van der Waals surface area contributed by atoms with Crippen LogP contribution in [0.2, 0.25) is 0 Å². The van der Waals surface area contributed by atoms with Crippen LogP contribution in [0.4, 0.5) is 0 Å². The van der Waals surface area contributed by atoms with Crippen LogP contribution in [0.25, 0.3) is 21.8 Å². The zero-order valence-corrected chi connectivity index (χ0v) is 19.6. The summed E-state index contributed by atoms with van der Waals surface area (Å²) in [5.74, 6) is 0.833. The van der Waals surface area contributed by atoms with E-state index in [4.69, 9.17) is 4.74 Å². The molecule has 0 N–H and O–H groups in total. The molecule has 164 valence electrons. The minimum Gasteiger partial charge on any atom is -0.497 e. The molecule has 0 unspecified atom stereocenters. The standard InChI is InChI=1S/C29H25NO2S/c1-20-7-6-10-25(17-20)33-29-22(19-31)11-16-27-26(29)18-28(21-8-4-3-5-9-21)30(27)23-12-14-24(32-2)15-13-23/h3-10,12-15,17-19H,11,16H2,1-2H3. The zero-order chi connectivity index (χ0) is 22.8. The van der Waals surface area contributed by atoms with Gasteiger partial charge in [-0.15, -0.1) is 0 Å². The van der Waals surface area contributed by atoms with Gasteiger partial charge in [-0.1, -0.05) is 59.8 Å². The molecule has 33 heavy (non-hydrogen) atoms. The van der Waals surface area contributed by atoms with E-state index in [9.17, 15) is 4.79 Å². The number of aromatic nitrogens is 1. The van der Waals surface area contributed by atoms with E-state index >= 15 is 0 Å². The molecule has 4 aromatic rings. The fourth-order valence-corrected chi connectivity index (χ4v) is 5.61. The summed E-state index contributed by atoms with van der Waals surface area (Å²) < 4.78 is 7.71. The summed E-state index contributed by atoms with van der Waals surface area (Å²) in [5.41, 5.74) is 7.83.